The molecule has 208 valence electrons. The highest BCUT2D eigenvalue weighted by atomic mass is 79.9. The highest BCUT2D eigenvalue weighted by Gasteiger charge is 2.75. The number of ether oxygens (including phenoxy) is 1. The number of allylic oxidation sites excluding steroid dienone is 2. The van der Waals surface area contributed by atoms with Crippen molar-refractivity contribution < 1.29 is 29.0 Å². The van der Waals surface area contributed by atoms with Gasteiger partial charge in [-0.3, -0.25) is 29.0 Å². The summed E-state index contributed by atoms with van der Waals surface area (Å²) in [6, 6.07) is 13.8. The number of carbonyl (C=O) groups is 4. The summed E-state index contributed by atoms with van der Waals surface area (Å²) in [7, 11) is 1.36. The molecule has 2 aromatic carbocycles. The molecule has 2 saturated heterocycles. The number of rotatable bonds is 5. The summed E-state index contributed by atoms with van der Waals surface area (Å²) in [4.78, 5) is 53.2. The predicted molar refractivity (Wildman–Crippen MR) is 151 cm³/mol. The Kier molecular flexibility index (Phi) is 6.65. The summed E-state index contributed by atoms with van der Waals surface area (Å²) in [5, 5.41) is 9.08. The molecule has 0 aromatic heterocycles. The maximum Gasteiger partial charge on any atom is 0.253 e. The van der Waals surface area contributed by atoms with Gasteiger partial charge >= 0.3 is 0 Å². The zero-order chi connectivity index (χ0) is 28.6. The second-order valence-electron chi connectivity index (χ2n) is 10.6. The van der Waals surface area contributed by atoms with Gasteiger partial charge in [0.25, 0.3) is 11.8 Å². The van der Waals surface area contributed by atoms with Gasteiger partial charge in [0, 0.05) is 17.4 Å². The molecule has 6 rings (SSSR count). The summed E-state index contributed by atoms with van der Waals surface area (Å²) in [5.74, 6) is -4.15. The van der Waals surface area contributed by atoms with Crippen LogP contribution in [0.1, 0.15) is 24.3 Å². The van der Waals surface area contributed by atoms with Crippen molar-refractivity contribution >= 4 is 68.4 Å². The fourth-order valence-electron chi connectivity index (χ4n) is 6.88. The van der Waals surface area contributed by atoms with Gasteiger partial charge in [-0.25, -0.2) is 0 Å². The van der Waals surface area contributed by atoms with E-state index in [0.717, 1.165) is 14.9 Å². The highest BCUT2D eigenvalue weighted by Crippen LogP contribution is 2.65. The van der Waals surface area contributed by atoms with E-state index in [1.54, 1.807) is 48.5 Å². The molecule has 6 atom stereocenters. The van der Waals surface area contributed by atoms with Crippen molar-refractivity contribution in [2.75, 3.05) is 25.2 Å². The molecule has 2 aromatic rings. The average molecular weight is 648 g/mol. The number of fused-ring (bicyclic) bond motifs is 4. The van der Waals surface area contributed by atoms with Gasteiger partial charge in [-0.2, -0.15) is 0 Å². The van der Waals surface area contributed by atoms with Crippen LogP contribution in [0.4, 0.5) is 5.69 Å². The number of benzene rings is 2. The standard InChI is InChI=1S/C29H25BrCl2N2O6/c1-33-26(38)28(31)14-21-19(23(29(28,32)27(33)39)15-2-8-18(9-3-15)40-13-12-35)10-11-20-22(21)25(37)34(24(20)36)17-6-4-16(30)5-7-17/h2-10,20-23,35H,11-14H2,1H3/t20-,21+,22-,23-,28+,29-/m0/s1. The van der Waals surface area contributed by atoms with Gasteiger partial charge < -0.3 is 9.84 Å². The van der Waals surface area contributed by atoms with Gasteiger partial charge in [0.15, 0.2) is 9.75 Å². The Morgan fingerprint density at radius 1 is 0.975 bits per heavy atom. The van der Waals surface area contributed by atoms with Crippen LogP contribution in [0.5, 0.6) is 5.75 Å². The van der Waals surface area contributed by atoms with Gasteiger partial charge in [-0.15, -0.1) is 23.2 Å². The number of anilines is 1. The number of amides is 4. The van der Waals surface area contributed by atoms with E-state index in [1.807, 2.05) is 6.08 Å². The Morgan fingerprint density at radius 2 is 1.65 bits per heavy atom. The van der Waals surface area contributed by atoms with Crippen LogP contribution in [-0.4, -0.2) is 63.6 Å². The lowest BCUT2D eigenvalue weighted by atomic mass is 9.56. The zero-order valence-electron chi connectivity index (χ0n) is 21.4. The van der Waals surface area contributed by atoms with Crippen LogP contribution in [0.15, 0.2) is 64.7 Å². The average Bonchev–Trinajstić information content (AvgIpc) is 3.27. The Balaban J connectivity index is 1.46. The number of hydrogen-bond acceptors (Lipinski definition) is 6. The molecule has 8 nitrogen and oxygen atoms in total. The van der Waals surface area contributed by atoms with Crippen molar-refractivity contribution in [1.82, 2.24) is 4.90 Å². The lowest BCUT2D eigenvalue weighted by molar-refractivity contribution is -0.138. The number of carbonyl (C=O) groups excluding carboxylic acids is 4. The quantitative estimate of drug-likeness (QED) is 0.299. The minimum atomic E-state index is -1.83. The summed E-state index contributed by atoms with van der Waals surface area (Å²) in [6.07, 6.45) is 2.14. The van der Waals surface area contributed by atoms with Crippen molar-refractivity contribution in [1.29, 1.82) is 0 Å². The number of hydrogen-bond donors (Lipinski definition) is 1. The number of imide groups is 2. The number of alkyl halides is 2. The Labute approximate surface area is 249 Å². The minimum Gasteiger partial charge on any atom is -0.491 e. The fourth-order valence-corrected chi connectivity index (χ4v) is 8.17. The van der Waals surface area contributed by atoms with E-state index in [9.17, 15) is 19.2 Å². The molecule has 0 spiro atoms. The topological polar surface area (TPSA) is 104 Å². The molecular weight excluding hydrogens is 623 g/mol. The van der Waals surface area contributed by atoms with E-state index in [4.69, 9.17) is 33.0 Å². The summed E-state index contributed by atoms with van der Waals surface area (Å²) >= 11 is 17.7. The van der Waals surface area contributed by atoms with Gasteiger partial charge in [0.1, 0.15) is 12.4 Å². The maximum atomic E-state index is 14.0. The molecule has 1 saturated carbocycles. The maximum absolute atomic E-state index is 14.0. The van der Waals surface area contributed by atoms with Crippen molar-refractivity contribution in [3.63, 3.8) is 0 Å². The molecule has 11 heteroatoms. The lowest BCUT2D eigenvalue weighted by Crippen LogP contribution is -2.60. The van der Waals surface area contributed by atoms with Crippen LogP contribution in [0.25, 0.3) is 0 Å². The van der Waals surface area contributed by atoms with Crippen LogP contribution in [0.3, 0.4) is 0 Å². The minimum absolute atomic E-state index is 0.0542. The number of likely N-dealkylation sites (tertiary alicyclic amines) is 1. The molecule has 2 aliphatic heterocycles. The van der Waals surface area contributed by atoms with Gasteiger partial charge in [-0.05, 0) is 60.7 Å². The first-order valence-corrected chi connectivity index (χ1v) is 14.5. The van der Waals surface area contributed by atoms with Gasteiger partial charge in [0.2, 0.25) is 11.8 Å². The molecule has 4 aliphatic rings. The van der Waals surface area contributed by atoms with Crippen LogP contribution in [0, 0.1) is 17.8 Å². The Bertz CT molecular complexity index is 1460. The molecular formula is C29H25BrCl2N2O6. The third kappa shape index (κ3) is 3.67. The van der Waals surface area contributed by atoms with E-state index in [0.29, 0.717) is 23.4 Å². The van der Waals surface area contributed by atoms with E-state index in [2.05, 4.69) is 15.9 Å². The first-order chi connectivity index (χ1) is 19.0. The van der Waals surface area contributed by atoms with Crippen LogP contribution < -0.4 is 9.64 Å². The van der Waals surface area contributed by atoms with Crippen molar-refractivity contribution in [3.05, 3.63) is 70.2 Å². The van der Waals surface area contributed by atoms with E-state index < -0.39 is 45.2 Å². The normalized spacial score (nSPS) is 33.1. The number of halogens is 3. The molecule has 0 unspecified atom stereocenters. The first kappa shape index (κ1) is 27.4. The van der Waals surface area contributed by atoms with E-state index >= 15 is 0 Å². The zero-order valence-corrected chi connectivity index (χ0v) is 24.4. The third-order valence-electron chi connectivity index (χ3n) is 8.67. The monoisotopic (exact) mass is 646 g/mol. The van der Waals surface area contributed by atoms with Gasteiger partial charge in [0.05, 0.1) is 24.1 Å². The first-order valence-electron chi connectivity index (χ1n) is 12.9. The van der Waals surface area contributed by atoms with E-state index in [1.165, 1.54) is 11.9 Å². The number of aliphatic hydroxyl groups is 1. The summed E-state index contributed by atoms with van der Waals surface area (Å²) < 4.78 is 6.31. The predicted octanol–water partition coefficient (Wildman–Crippen LogP) is 4.01. The van der Waals surface area contributed by atoms with Crippen molar-refractivity contribution in [2.24, 2.45) is 17.8 Å². The third-order valence-corrected chi connectivity index (χ3v) is 10.6. The number of nitrogens with zero attached hydrogens (tertiary/aromatic N) is 2. The molecule has 0 bridgehead atoms. The molecule has 4 amide bonds. The highest BCUT2D eigenvalue weighted by molar-refractivity contribution is 9.10. The van der Waals surface area contributed by atoms with Crippen molar-refractivity contribution in [3.8, 4) is 5.75 Å². The molecule has 1 N–H and O–H groups in total. The largest absolute Gasteiger partial charge is 0.491 e. The molecule has 2 aliphatic carbocycles. The second kappa shape index (κ2) is 9.69. The molecule has 3 fully saturated rings. The fraction of sp³-hybridized carbons (Fsp3) is 0.379. The summed E-state index contributed by atoms with van der Waals surface area (Å²) in [6.45, 7) is -0.0277. The molecule has 2 heterocycles. The number of aliphatic hydroxyl groups excluding tert-OH is 1. The molecule has 40 heavy (non-hydrogen) atoms. The van der Waals surface area contributed by atoms with E-state index in [-0.39, 0.29) is 31.4 Å². The SMILES string of the molecule is CN1C(=O)[C@]2(Cl)C[C@@H]3C(=CC[C@@H]4C(=O)N(c5ccc(Br)cc5)C(=O)[C@@H]43)[C@H](c3ccc(OCCO)cc3)[C@]2(Cl)C1=O. The van der Waals surface area contributed by atoms with Crippen LogP contribution in [-0.2, 0) is 19.2 Å². The smallest absolute Gasteiger partial charge is 0.253 e. The van der Waals surface area contributed by atoms with Crippen molar-refractivity contribution in [2.45, 2.75) is 28.5 Å². The second-order valence-corrected chi connectivity index (χ2v) is 12.8. The lowest BCUT2D eigenvalue weighted by Gasteiger charge is -2.50. The van der Waals surface area contributed by atoms with Crippen LogP contribution in [0.2, 0.25) is 0 Å². The Hall–Kier alpha value is -2.72. The Morgan fingerprint density at radius 3 is 2.30 bits per heavy atom. The van der Waals surface area contributed by atoms with Gasteiger partial charge in [-0.1, -0.05) is 39.7 Å². The molecule has 0 radical (unpaired) electrons. The summed E-state index contributed by atoms with van der Waals surface area (Å²) in [5.41, 5.74) is 1.83. The van der Waals surface area contributed by atoms with Crippen LogP contribution >= 0.6 is 39.1 Å².